The zero-order valence-electron chi connectivity index (χ0n) is 14.1. The predicted octanol–water partition coefficient (Wildman–Crippen LogP) is -0.0349. The van der Waals surface area contributed by atoms with Crippen LogP contribution in [-0.4, -0.2) is 71.3 Å². The number of nitrogens with one attached hydrogen (secondary N) is 3. The Hall–Kier alpha value is -0.860. The molecule has 0 saturated carbocycles. The smallest absolute Gasteiger partial charge is 0.208 e. The first-order valence-corrected chi connectivity index (χ1v) is 9.98. The van der Waals surface area contributed by atoms with E-state index in [1.165, 1.54) is 19.4 Å². The van der Waals surface area contributed by atoms with Gasteiger partial charge in [-0.05, 0) is 25.8 Å². The minimum atomic E-state index is -3.13. The molecule has 0 aromatic heterocycles. The van der Waals surface area contributed by atoms with Crippen molar-refractivity contribution in [1.29, 1.82) is 0 Å². The minimum Gasteiger partial charge on any atom is -0.355 e. The molecule has 0 atom stereocenters. The fourth-order valence-electron chi connectivity index (χ4n) is 2.49. The van der Waals surface area contributed by atoms with E-state index < -0.39 is 10.0 Å². The molecule has 1 heterocycles. The second-order valence-electron chi connectivity index (χ2n) is 5.78. The van der Waals surface area contributed by atoms with Gasteiger partial charge in [-0.1, -0.05) is 13.3 Å². The lowest BCUT2D eigenvalue weighted by Crippen LogP contribution is -2.49. The van der Waals surface area contributed by atoms with Crippen molar-refractivity contribution in [3.63, 3.8) is 0 Å². The second-order valence-corrected chi connectivity index (χ2v) is 7.61. The molecular formula is C14H31N5O2S. The van der Waals surface area contributed by atoms with Crippen LogP contribution in [0.5, 0.6) is 0 Å². The van der Waals surface area contributed by atoms with Gasteiger partial charge in [0.15, 0.2) is 5.96 Å². The molecule has 0 bridgehead atoms. The normalized spacial score (nSPS) is 18.4. The van der Waals surface area contributed by atoms with Gasteiger partial charge in [0, 0.05) is 39.3 Å². The van der Waals surface area contributed by atoms with Crippen molar-refractivity contribution in [1.82, 2.24) is 20.3 Å². The standard InChI is InChI=1S/C14H31N5O2S/c1-4-5-10-19-11-6-13(7-12-19)18-14(15-2)16-8-9-17-22(3,20)21/h13,17H,4-12H2,1-3H3,(H2,15,16,18). The van der Waals surface area contributed by atoms with Crippen molar-refractivity contribution >= 4 is 16.0 Å². The number of hydrogen-bond acceptors (Lipinski definition) is 4. The molecule has 130 valence electrons. The zero-order valence-corrected chi connectivity index (χ0v) is 14.9. The number of likely N-dealkylation sites (tertiary alicyclic amines) is 1. The van der Waals surface area contributed by atoms with Gasteiger partial charge < -0.3 is 15.5 Å². The molecule has 0 amide bonds. The molecule has 0 unspecified atom stereocenters. The Balaban J connectivity index is 2.21. The van der Waals surface area contributed by atoms with Gasteiger partial charge in [-0.15, -0.1) is 0 Å². The Kier molecular flexibility index (Phi) is 8.74. The molecule has 0 aliphatic carbocycles. The fourth-order valence-corrected chi connectivity index (χ4v) is 2.96. The highest BCUT2D eigenvalue weighted by atomic mass is 32.2. The van der Waals surface area contributed by atoms with Crippen LogP contribution in [0.25, 0.3) is 0 Å². The molecule has 22 heavy (non-hydrogen) atoms. The summed E-state index contributed by atoms with van der Waals surface area (Å²) in [5.74, 6) is 0.738. The van der Waals surface area contributed by atoms with Gasteiger partial charge in [-0.2, -0.15) is 0 Å². The highest BCUT2D eigenvalue weighted by molar-refractivity contribution is 7.88. The maximum absolute atomic E-state index is 11.0. The van der Waals surface area contributed by atoms with Crippen LogP contribution in [0.15, 0.2) is 4.99 Å². The summed E-state index contributed by atoms with van der Waals surface area (Å²) in [7, 11) is -1.39. The Morgan fingerprint density at radius 1 is 1.27 bits per heavy atom. The van der Waals surface area contributed by atoms with Crippen LogP contribution in [-0.2, 0) is 10.0 Å². The molecule has 0 radical (unpaired) electrons. The van der Waals surface area contributed by atoms with Gasteiger partial charge in [-0.25, -0.2) is 13.1 Å². The second kappa shape index (κ2) is 10.0. The third-order valence-electron chi connectivity index (χ3n) is 3.76. The average molecular weight is 334 g/mol. The lowest BCUT2D eigenvalue weighted by Gasteiger charge is -2.33. The number of nitrogens with zero attached hydrogens (tertiary/aromatic N) is 2. The van der Waals surface area contributed by atoms with Crippen LogP contribution in [0.4, 0.5) is 0 Å². The third-order valence-corrected chi connectivity index (χ3v) is 4.49. The zero-order chi connectivity index (χ0) is 16.4. The van der Waals surface area contributed by atoms with Crippen LogP contribution in [0.3, 0.4) is 0 Å². The number of rotatable bonds is 8. The van der Waals surface area contributed by atoms with Crippen molar-refractivity contribution in [3.8, 4) is 0 Å². The van der Waals surface area contributed by atoms with E-state index >= 15 is 0 Å². The van der Waals surface area contributed by atoms with Gasteiger partial charge in [0.2, 0.25) is 10.0 Å². The lowest BCUT2D eigenvalue weighted by atomic mass is 10.0. The summed E-state index contributed by atoms with van der Waals surface area (Å²) < 4.78 is 24.4. The first-order chi connectivity index (χ1) is 10.4. The Morgan fingerprint density at radius 2 is 1.95 bits per heavy atom. The van der Waals surface area contributed by atoms with E-state index in [1.807, 2.05) is 0 Å². The Bertz CT molecular complexity index is 431. The summed E-state index contributed by atoms with van der Waals surface area (Å²) in [6.07, 6.45) is 5.91. The van der Waals surface area contributed by atoms with E-state index in [0.29, 0.717) is 19.1 Å². The molecule has 7 nitrogen and oxygen atoms in total. The van der Waals surface area contributed by atoms with Gasteiger partial charge in [-0.3, -0.25) is 4.99 Å². The van der Waals surface area contributed by atoms with Crippen molar-refractivity contribution in [2.75, 3.05) is 46.0 Å². The molecule has 0 aromatic carbocycles. The van der Waals surface area contributed by atoms with Crippen molar-refractivity contribution in [3.05, 3.63) is 0 Å². The molecular weight excluding hydrogens is 302 g/mol. The SMILES string of the molecule is CCCCN1CCC(NC(=NC)NCCNS(C)(=O)=O)CC1. The Morgan fingerprint density at radius 3 is 2.50 bits per heavy atom. The fraction of sp³-hybridized carbons (Fsp3) is 0.929. The molecule has 1 fully saturated rings. The molecule has 0 spiro atoms. The van der Waals surface area contributed by atoms with Crippen molar-refractivity contribution in [2.45, 2.75) is 38.6 Å². The third kappa shape index (κ3) is 8.55. The highest BCUT2D eigenvalue weighted by Gasteiger charge is 2.19. The van der Waals surface area contributed by atoms with E-state index in [-0.39, 0.29) is 0 Å². The van der Waals surface area contributed by atoms with Crippen LogP contribution >= 0.6 is 0 Å². The summed E-state index contributed by atoms with van der Waals surface area (Å²) in [6.45, 7) is 6.56. The largest absolute Gasteiger partial charge is 0.355 e. The van der Waals surface area contributed by atoms with Gasteiger partial charge in [0.1, 0.15) is 0 Å². The molecule has 1 aliphatic heterocycles. The number of hydrogen-bond donors (Lipinski definition) is 3. The van der Waals surface area contributed by atoms with Gasteiger partial charge in [0.25, 0.3) is 0 Å². The molecule has 8 heteroatoms. The predicted molar refractivity (Wildman–Crippen MR) is 91.7 cm³/mol. The number of piperidine rings is 1. The van der Waals surface area contributed by atoms with E-state index in [4.69, 9.17) is 0 Å². The first kappa shape index (κ1) is 19.2. The van der Waals surface area contributed by atoms with Crippen LogP contribution < -0.4 is 15.4 Å². The molecule has 1 saturated heterocycles. The number of aliphatic imine (C=N–C) groups is 1. The summed E-state index contributed by atoms with van der Waals surface area (Å²) in [5.41, 5.74) is 0. The monoisotopic (exact) mass is 333 g/mol. The highest BCUT2D eigenvalue weighted by Crippen LogP contribution is 2.10. The summed E-state index contributed by atoms with van der Waals surface area (Å²) in [4.78, 5) is 6.71. The van der Waals surface area contributed by atoms with Crippen molar-refractivity contribution in [2.24, 2.45) is 4.99 Å². The first-order valence-electron chi connectivity index (χ1n) is 8.08. The molecule has 1 rings (SSSR count). The number of sulfonamides is 1. The van der Waals surface area contributed by atoms with E-state index in [2.05, 4.69) is 32.2 Å². The Labute approximate surface area is 135 Å². The van der Waals surface area contributed by atoms with E-state index in [1.54, 1.807) is 7.05 Å². The van der Waals surface area contributed by atoms with Crippen LogP contribution in [0.2, 0.25) is 0 Å². The van der Waals surface area contributed by atoms with Crippen LogP contribution in [0, 0.1) is 0 Å². The van der Waals surface area contributed by atoms with Gasteiger partial charge >= 0.3 is 0 Å². The van der Waals surface area contributed by atoms with E-state index in [0.717, 1.165) is 38.1 Å². The van der Waals surface area contributed by atoms with Gasteiger partial charge in [0.05, 0.1) is 6.26 Å². The molecule has 0 aromatic rings. The minimum absolute atomic E-state index is 0.356. The maximum Gasteiger partial charge on any atom is 0.208 e. The average Bonchev–Trinajstić information content (AvgIpc) is 2.48. The number of guanidine groups is 1. The molecule has 3 N–H and O–H groups in total. The number of unbranched alkanes of at least 4 members (excludes halogenated alkanes) is 1. The maximum atomic E-state index is 11.0. The lowest BCUT2D eigenvalue weighted by molar-refractivity contribution is 0.203. The summed E-state index contributed by atoms with van der Waals surface area (Å²) >= 11 is 0. The molecule has 1 aliphatic rings. The van der Waals surface area contributed by atoms with Crippen molar-refractivity contribution < 1.29 is 8.42 Å². The van der Waals surface area contributed by atoms with Crippen LogP contribution in [0.1, 0.15) is 32.6 Å². The summed E-state index contributed by atoms with van der Waals surface area (Å²) in [5, 5.41) is 6.55. The van der Waals surface area contributed by atoms with E-state index in [9.17, 15) is 8.42 Å². The topological polar surface area (TPSA) is 85.8 Å². The quantitative estimate of drug-likeness (QED) is 0.330. The summed E-state index contributed by atoms with van der Waals surface area (Å²) in [6, 6.07) is 0.437.